The van der Waals surface area contributed by atoms with Crippen LogP contribution < -0.4 is 10.1 Å². The van der Waals surface area contributed by atoms with Crippen molar-refractivity contribution in [2.45, 2.75) is 6.42 Å². The Bertz CT molecular complexity index is 1180. The highest BCUT2D eigenvalue weighted by atomic mass is 35.5. The molecular weight excluding hydrogens is 421 g/mol. The summed E-state index contributed by atoms with van der Waals surface area (Å²) in [7, 11) is 1.64. The van der Waals surface area contributed by atoms with Gasteiger partial charge in [0.2, 0.25) is 0 Å². The van der Waals surface area contributed by atoms with E-state index in [9.17, 15) is 4.79 Å². The number of aromatic nitrogens is 2. The molecule has 7 heteroatoms. The molecule has 0 aliphatic heterocycles. The minimum atomic E-state index is -0.141. The Morgan fingerprint density at radius 3 is 2.50 bits per heavy atom. The Morgan fingerprint density at radius 1 is 1.07 bits per heavy atom. The maximum atomic E-state index is 12.6. The molecule has 0 spiro atoms. The van der Waals surface area contributed by atoms with Crippen molar-refractivity contribution >= 4 is 40.1 Å². The Kier molecular flexibility index (Phi) is 5.93. The Morgan fingerprint density at radius 2 is 1.80 bits per heavy atom. The second-order valence-electron chi connectivity index (χ2n) is 6.77. The molecule has 4 rings (SSSR count). The summed E-state index contributed by atoms with van der Waals surface area (Å²) in [6.45, 7) is 0.534. The van der Waals surface area contributed by atoms with Crippen LogP contribution in [0.15, 0.2) is 60.7 Å². The Hall–Kier alpha value is -3.02. The first-order valence-corrected chi connectivity index (χ1v) is 10.2. The van der Waals surface area contributed by atoms with Crippen LogP contribution in [0.3, 0.4) is 0 Å². The number of hydrogen-bond donors (Lipinski definition) is 2. The molecule has 0 unspecified atom stereocenters. The van der Waals surface area contributed by atoms with Crippen LogP contribution in [0.4, 0.5) is 0 Å². The number of aromatic amines is 1. The van der Waals surface area contributed by atoms with Crippen LogP contribution >= 0.6 is 23.2 Å². The van der Waals surface area contributed by atoms with Gasteiger partial charge in [-0.3, -0.25) is 4.79 Å². The van der Waals surface area contributed by atoms with Crippen molar-refractivity contribution in [3.8, 4) is 17.1 Å². The first-order valence-electron chi connectivity index (χ1n) is 9.40. The maximum Gasteiger partial charge on any atom is 0.251 e. The lowest BCUT2D eigenvalue weighted by Crippen LogP contribution is -2.25. The first kappa shape index (κ1) is 20.3. The van der Waals surface area contributed by atoms with Gasteiger partial charge in [-0.15, -0.1) is 0 Å². The highest BCUT2D eigenvalue weighted by molar-refractivity contribution is 6.39. The Labute approximate surface area is 184 Å². The number of nitrogens with zero attached hydrogens (tertiary/aromatic N) is 1. The molecule has 0 saturated carbocycles. The van der Waals surface area contributed by atoms with Crippen LogP contribution in [0.25, 0.3) is 22.4 Å². The number of fused-ring (bicyclic) bond motifs is 1. The van der Waals surface area contributed by atoms with Gasteiger partial charge in [0.25, 0.3) is 5.91 Å². The first-order chi connectivity index (χ1) is 14.5. The summed E-state index contributed by atoms with van der Waals surface area (Å²) in [5.74, 6) is 1.24. The third-order valence-corrected chi connectivity index (χ3v) is 5.43. The Balaban J connectivity index is 1.47. The van der Waals surface area contributed by atoms with Crippen LogP contribution in [-0.4, -0.2) is 29.5 Å². The number of methoxy groups -OCH3 is 1. The van der Waals surface area contributed by atoms with Crippen LogP contribution in [0.1, 0.15) is 15.9 Å². The van der Waals surface area contributed by atoms with Crippen molar-refractivity contribution in [3.63, 3.8) is 0 Å². The number of nitrogens with one attached hydrogen (secondary N) is 2. The van der Waals surface area contributed by atoms with Crippen LogP contribution in [0, 0.1) is 0 Å². The zero-order valence-corrected chi connectivity index (χ0v) is 17.7. The number of carbonyl (C=O) groups is 1. The summed E-state index contributed by atoms with van der Waals surface area (Å²) in [5, 5.41) is 3.97. The molecule has 1 heterocycles. The zero-order chi connectivity index (χ0) is 21.1. The monoisotopic (exact) mass is 439 g/mol. The fraction of sp³-hybridized carbons (Fsp3) is 0.130. The molecule has 4 aromatic rings. The molecule has 3 aromatic carbocycles. The lowest BCUT2D eigenvalue weighted by Gasteiger charge is -2.06. The van der Waals surface area contributed by atoms with Gasteiger partial charge in [-0.1, -0.05) is 41.4 Å². The van der Waals surface area contributed by atoms with Gasteiger partial charge in [0.15, 0.2) is 0 Å². The van der Waals surface area contributed by atoms with Crippen molar-refractivity contribution in [2.75, 3.05) is 13.7 Å². The number of ether oxygens (including phenoxy) is 1. The van der Waals surface area contributed by atoms with Crippen LogP contribution in [-0.2, 0) is 6.42 Å². The van der Waals surface area contributed by atoms with Gasteiger partial charge in [-0.25, -0.2) is 4.98 Å². The topological polar surface area (TPSA) is 67.0 Å². The molecule has 2 N–H and O–H groups in total. The van der Waals surface area contributed by atoms with Crippen LogP contribution in [0.2, 0.25) is 10.0 Å². The van der Waals surface area contributed by atoms with Crippen molar-refractivity contribution in [2.24, 2.45) is 0 Å². The number of imidazole rings is 1. The van der Waals surface area contributed by atoms with Crippen molar-refractivity contribution in [1.29, 1.82) is 0 Å². The summed E-state index contributed by atoms with van der Waals surface area (Å²) in [5.41, 5.74) is 3.79. The van der Waals surface area contributed by atoms with Gasteiger partial charge in [-0.05, 0) is 54.4 Å². The molecule has 0 saturated heterocycles. The van der Waals surface area contributed by atoms with Gasteiger partial charge < -0.3 is 15.0 Å². The van der Waals surface area contributed by atoms with E-state index in [1.807, 2.05) is 24.3 Å². The summed E-state index contributed by atoms with van der Waals surface area (Å²) >= 11 is 12.6. The summed E-state index contributed by atoms with van der Waals surface area (Å²) in [6.07, 6.45) is 0.733. The molecule has 30 heavy (non-hydrogen) atoms. The van der Waals surface area contributed by atoms with E-state index in [-0.39, 0.29) is 5.91 Å². The van der Waals surface area contributed by atoms with E-state index >= 15 is 0 Å². The molecule has 0 atom stereocenters. The minimum Gasteiger partial charge on any atom is -0.497 e. The van der Waals surface area contributed by atoms with Gasteiger partial charge in [0.05, 0.1) is 33.8 Å². The quantitative estimate of drug-likeness (QED) is 0.415. The van der Waals surface area contributed by atoms with E-state index < -0.39 is 0 Å². The predicted octanol–water partition coefficient (Wildman–Crippen LogP) is 5.52. The fourth-order valence-electron chi connectivity index (χ4n) is 3.21. The van der Waals surface area contributed by atoms with Crippen molar-refractivity contribution in [1.82, 2.24) is 15.3 Å². The van der Waals surface area contributed by atoms with E-state index in [1.54, 1.807) is 43.5 Å². The number of hydrogen-bond acceptors (Lipinski definition) is 3. The normalized spacial score (nSPS) is 10.9. The predicted molar refractivity (Wildman–Crippen MR) is 121 cm³/mol. The number of carbonyl (C=O) groups excluding carboxylic acids is 1. The number of H-pyrrole nitrogens is 1. The lowest BCUT2D eigenvalue weighted by atomic mass is 10.1. The van der Waals surface area contributed by atoms with Crippen molar-refractivity contribution in [3.05, 3.63) is 81.8 Å². The van der Waals surface area contributed by atoms with Crippen molar-refractivity contribution < 1.29 is 9.53 Å². The molecule has 152 valence electrons. The maximum absolute atomic E-state index is 12.6. The molecular formula is C23H19Cl2N3O2. The highest BCUT2D eigenvalue weighted by Crippen LogP contribution is 2.33. The lowest BCUT2D eigenvalue weighted by molar-refractivity contribution is 0.0954. The molecule has 0 bridgehead atoms. The van der Waals surface area contributed by atoms with E-state index in [1.165, 1.54) is 0 Å². The standard InChI is InChI=1S/C23H19Cl2N3O2/c1-30-16-8-5-14(6-9-16)11-12-26-23(29)15-7-10-19-20(13-15)28-22(27-19)21-17(24)3-2-4-18(21)25/h2-10,13H,11-12H2,1H3,(H,26,29)(H,27,28). The molecule has 0 aliphatic carbocycles. The summed E-state index contributed by atoms with van der Waals surface area (Å²) in [6, 6.07) is 18.4. The summed E-state index contributed by atoms with van der Waals surface area (Å²) < 4.78 is 5.16. The summed E-state index contributed by atoms with van der Waals surface area (Å²) in [4.78, 5) is 20.3. The smallest absolute Gasteiger partial charge is 0.251 e. The molecule has 0 aliphatic rings. The van der Waals surface area contributed by atoms with Crippen LogP contribution in [0.5, 0.6) is 5.75 Å². The largest absolute Gasteiger partial charge is 0.497 e. The van der Waals surface area contributed by atoms with E-state index in [4.69, 9.17) is 27.9 Å². The molecule has 0 radical (unpaired) electrons. The molecule has 1 amide bonds. The third kappa shape index (κ3) is 4.27. The van der Waals surface area contributed by atoms with Gasteiger partial charge in [0.1, 0.15) is 11.6 Å². The number of rotatable bonds is 6. The van der Waals surface area contributed by atoms with Gasteiger partial charge in [-0.2, -0.15) is 0 Å². The number of benzene rings is 3. The van der Waals surface area contributed by atoms with Gasteiger partial charge in [0, 0.05) is 12.1 Å². The minimum absolute atomic E-state index is 0.141. The average Bonchev–Trinajstić information content (AvgIpc) is 3.16. The second kappa shape index (κ2) is 8.78. The fourth-order valence-corrected chi connectivity index (χ4v) is 3.78. The van der Waals surface area contributed by atoms with Gasteiger partial charge >= 0.3 is 0 Å². The molecule has 1 aromatic heterocycles. The average molecular weight is 440 g/mol. The number of amides is 1. The third-order valence-electron chi connectivity index (χ3n) is 4.80. The second-order valence-corrected chi connectivity index (χ2v) is 7.58. The van der Waals surface area contributed by atoms with E-state index in [0.29, 0.717) is 33.5 Å². The molecule has 0 fully saturated rings. The molecule has 5 nitrogen and oxygen atoms in total. The van der Waals surface area contributed by atoms with E-state index in [0.717, 1.165) is 28.8 Å². The highest BCUT2D eigenvalue weighted by Gasteiger charge is 2.14. The van der Waals surface area contributed by atoms with E-state index in [2.05, 4.69) is 15.3 Å². The SMILES string of the molecule is COc1ccc(CCNC(=O)c2ccc3nc(-c4c(Cl)cccc4Cl)[nH]c3c2)cc1. The zero-order valence-electron chi connectivity index (χ0n) is 16.2. The number of halogens is 2.